The fraction of sp³-hybridized carbons (Fsp3) is 0.357. The predicted octanol–water partition coefficient (Wildman–Crippen LogP) is 4.04. The van der Waals surface area contributed by atoms with Crippen molar-refractivity contribution in [2.24, 2.45) is 0 Å². The molecule has 0 radical (unpaired) electrons. The number of nitrogens with zero attached hydrogens (tertiary/aromatic N) is 5. The van der Waals surface area contributed by atoms with Gasteiger partial charge in [0.05, 0.1) is 5.69 Å². The van der Waals surface area contributed by atoms with E-state index in [-0.39, 0.29) is 24.4 Å². The van der Waals surface area contributed by atoms with Gasteiger partial charge in [-0.2, -0.15) is 0 Å². The van der Waals surface area contributed by atoms with Gasteiger partial charge in [-0.25, -0.2) is 0 Å². The zero-order valence-electron chi connectivity index (χ0n) is 20.7. The molecule has 0 unspecified atom stereocenters. The van der Waals surface area contributed by atoms with E-state index in [0.29, 0.717) is 31.7 Å². The lowest BCUT2D eigenvalue weighted by Crippen LogP contribution is -2.53. The molecule has 3 aromatic rings. The highest BCUT2D eigenvalue weighted by Gasteiger charge is 2.28. The molecule has 0 bridgehead atoms. The topological polar surface area (TPSA) is 69.6 Å². The van der Waals surface area contributed by atoms with Gasteiger partial charge >= 0.3 is 0 Å². The molecule has 1 fully saturated rings. The maximum Gasteiger partial charge on any atom is 0.254 e. The summed E-state index contributed by atoms with van der Waals surface area (Å²) in [5.74, 6) is 0.694. The first-order chi connectivity index (χ1) is 17.0. The Balaban J connectivity index is 1.35. The fourth-order valence-electron chi connectivity index (χ4n) is 4.20. The third-order valence-corrected chi connectivity index (χ3v) is 6.66. The number of amides is 2. The van der Waals surface area contributed by atoms with Gasteiger partial charge in [0, 0.05) is 43.3 Å². The molecule has 2 amide bonds. The monoisotopic (exact) mass is 471 g/mol. The van der Waals surface area contributed by atoms with E-state index in [0.717, 1.165) is 23.5 Å². The summed E-state index contributed by atoms with van der Waals surface area (Å²) in [5.41, 5.74) is 3.71. The summed E-state index contributed by atoms with van der Waals surface area (Å²) in [4.78, 5) is 31.9. The fourth-order valence-corrected chi connectivity index (χ4v) is 4.20. The molecule has 1 aliphatic heterocycles. The average molecular weight is 472 g/mol. The summed E-state index contributed by atoms with van der Waals surface area (Å²) in [6.07, 6.45) is 0.789. The molecule has 0 N–H and O–H groups in total. The average Bonchev–Trinajstić information content (AvgIpc) is 2.92. The number of piperazine rings is 1. The minimum absolute atomic E-state index is 0.0183. The molecule has 1 atom stereocenters. The maximum absolute atomic E-state index is 13.1. The van der Waals surface area contributed by atoms with Crippen LogP contribution < -0.4 is 4.90 Å². The van der Waals surface area contributed by atoms with Crippen LogP contribution in [0, 0.1) is 6.92 Å². The lowest BCUT2D eigenvalue weighted by molar-refractivity contribution is -0.132. The number of aryl methyl sites for hydroxylation is 1. The van der Waals surface area contributed by atoms with Gasteiger partial charge in [-0.05, 0) is 44.5 Å². The van der Waals surface area contributed by atoms with Crippen LogP contribution in [-0.4, -0.2) is 70.6 Å². The summed E-state index contributed by atoms with van der Waals surface area (Å²) in [6.45, 7) is 8.72. The van der Waals surface area contributed by atoms with Gasteiger partial charge in [-0.1, -0.05) is 55.0 Å². The number of carbonyl (C=O) groups excluding carboxylic acids is 2. The molecule has 1 aromatic heterocycles. The Hall–Kier alpha value is -3.74. The third kappa shape index (κ3) is 5.85. The van der Waals surface area contributed by atoms with Crippen LogP contribution >= 0.6 is 0 Å². The van der Waals surface area contributed by atoms with Crippen LogP contribution in [0.4, 0.5) is 5.82 Å². The number of hydrogen-bond donors (Lipinski definition) is 0. The van der Waals surface area contributed by atoms with Crippen molar-refractivity contribution in [2.45, 2.75) is 33.2 Å². The SMILES string of the molecule is CC[C@H](C)N(CC(=O)N1CCN(c2ccc(-c3ccc(C)cc3)nn2)CC1)C(=O)c1ccccc1. The molecule has 7 heteroatoms. The van der Waals surface area contributed by atoms with Crippen molar-refractivity contribution in [1.82, 2.24) is 20.0 Å². The zero-order chi connectivity index (χ0) is 24.8. The Morgan fingerprint density at radius 2 is 1.60 bits per heavy atom. The van der Waals surface area contributed by atoms with Gasteiger partial charge < -0.3 is 14.7 Å². The first-order valence-electron chi connectivity index (χ1n) is 12.3. The lowest BCUT2D eigenvalue weighted by Gasteiger charge is -2.37. The van der Waals surface area contributed by atoms with Gasteiger partial charge in [0.2, 0.25) is 5.91 Å². The van der Waals surface area contributed by atoms with Gasteiger partial charge in [-0.15, -0.1) is 10.2 Å². The Labute approximate surface area is 207 Å². The summed E-state index contributed by atoms with van der Waals surface area (Å²) >= 11 is 0. The molecule has 0 spiro atoms. The summed E-state index contributed by atoms with van der Waals surface area (Å²) in [6, 6.07) is 21.4. The number of benzene rings is 2. The number of hydrogen-bond acceptors (Lipinski definition) is 5. The van der Waals surface area contributed by atoms with Crippen LogP contribution in [0.1, 0.15) is 36.2 Å². The second-order valence-electron chi connectivity index (χ2n) is 9.07. The normalized spacial score (nSPS) is 14.5. The molecule has 0 aliphatic carbocycles. The highest BCUT2D eigenvalue weighted by molar-refractivity contribution is 5.96. The first-order valence-corrected chi connectivity index (χ1v) is 12.3. The number of aromatic nitrogens is 2. The van der Waals surface area contributed by atoms with Crippen molar-refractivity contribution in [1.29, 1.82) is 0 Å². The first kappa shape index (κ1) is 24.4. The number of rotatable bonds is 7. The van der Waals surface area contributed by atoms with Crippen LogP contribution in [-0.2, 0) is 4.79 Å². The van der Waals surface area contributed by atoms with E-state index in [1.165, 1.54) is 5.56 Å². The Morgan fingerprint density at radius 3 is 2.20 bits per heavy atom. The minimum atomic E-state index is -0.101. The quantitative estimate of drug-likeness (QED) is 0.520. The highest BCUT2D eigenvalue weighted by atomic mass is 16.2. The molecule has 35 heavy (non-hydrogen) atoms. The summed E-state index contributed by atoms with van der Waals surface area (Å²) < 4.78 is 0. The highest BCUT2D eigenvalue weighted by Crippen LogP contribution is 2.20. The molecule has 4 rings (SSSR count). The Kier molecular flexibility index (Phi) is 7.75. The van der Waals surface area contributed by atoms with Crippen LogP contribution in [0.5, 0.6) is 0 Å². The van der Waals surface area contributed by atoms with Crippen molar-refractivity contribution in [2.75, 3.05) is 37.6 Å². The van der Waals surface area contributed by atoms with Crippen LogP contribution in [0.15, 0.2) is 66.7 Å². The Bertz CT molecular complexity index is 1120. The van der Waals surface area contributed by atoms with Crippen molar-refractivity contribution in [3.05, 3.63) is 77.9 Å². The second-order valence-corrected chi connectivity index (χ2v) is 9.07. The molecule has 0 saturated carbocycles. The van der Waals surface area contributed by atoms with Crippen molar-refractivity contribution < 1.29 is 9.59 Å². The van der Waals surface area contributed by atoms with E-state index < -0.39 is 0 Å². The van der Waals surface area contributed by atoms with Gasteiger partial charge in [0.15, 0.2) is 5.82 Å². The summed E-state index contributed by atoms with van der Waals surface area (Å²) in [5, 5.41) is 8.84. The van der Waals surface area contributed by atoms with E-state index in [9.17, 15) is 9.59 Å². The van der Waals surface area contributed by atoms with Crippen LogP contribution in [0.25, 0.3) is 11.3 Å². The lowest BCUT2D eigenvalue weighted by atomic mass is 10.1. The molecule has 182 valence electrons. The molecular weight excluding hydrogens is 438 g/mol. The molecular formula is C28H33N5O2. The van der Waals surface area contributed by atoms with E-state index in [4.69, 9.17) is 0 Å². The van der Waals surface area contributed by atoms with Crippen molar-refractivity contribution in [3.8, 4) is 11.3 Å². The van der Waals surface area contributed by atoms with E-state index in [2.05, 4.69) is 46.3 Å². The predicted molar refractivity (Wildman–Crippen MR) is 138 cm³/mol. The molecule has 2 heterocycles. The maximum atomic E-state index is 13.1. The number of anilines is 1. The molecule has 2 aromatic carbocycles. The van der Waals surface area contributed by atoms with Gasteiger partial charge in [-0.3, -0.25) is 9.59 Å². The second kappa shape index (κ2) is 11.1. The largest absolute Gasteiger partial charge is 0.352 e. The van der Waals surface area contributed by atoms with Crippen LogP contribution in [0.3, 0.4) is 0 Å². The van der Waals surface area contributed by atoms with E-state index in [1.807, 2.05) is 49.1 Å². The zero-order valence-corrected chi connectivity index (χ0v) is 20.7. The number of carbonyl (C=O) groups is 2. The smallest absolute Gasteiger partial charge is 0.254 e. The molecule has 1 saturated heterocycles. The van der Waals surface area contributed by atoms with Crippen LogP contribution in [0.2, 0.25) is 0 Å². The summed E-state index contributed by atoms with van der Waals surface area (Å²) in [7, 11) is 0. The van der Waals surface area contributed by atoms with Crippen molar-refractivity contribution in [3.63, 3.8) is 0 Å². The van der Waals surface area contributed by atoms with E-state index >= 15 is 0 Å². The third-order valence-electron chi connectivity index (χ3n) is 6.66. The molecule has 7 nitrogen and oxygen atoms in total. The van der Waals surface area contributed by atoms with Crippen molar-refractivity contribution >= 4 is 17.6 Å². The standard InChI is InChI=1S/C28H33N5O2/c1-4-22(3)33(28(35)24-8-6-5-7-9-24)20-27(34)32-18-16-31(17-19-32)26-15-14-25(29-30-26)23-12-10-21(2)11-13-23/h5-15,22H,4,16-20H2,1-3H3/t22-/m0/s1. The van der Waals surface area contributed by atoms with Gasteiger partial charge in [0.25, 0.3) is 5.91 Å². The van der Waals surface area contributed by atoms with Gasteiger partial charge in [0.1, 0.15) is 6.54 Å². The Morgan fingerprint density at radius 1 is 0.914 bits per heavy atom. The molecule has 1 aliphatic rings. The minimum Gasteiger partial charge on any atom is -0.352 e. The van der Waals surface area contributed by atoms with E-state index in [1.54, 1.807) is 17.0 Å².